The van der Waals surface area contributed by atoms with E-state index in [1.54, 1.807) is 13.0 Å². The Morgan fingerprint density at radius 3 is 2.12 bits per heavy atom. The van der Waals surface area contributed by atoms with Crippen molar-refractivity contribution in [3.63, 3.8) is 0 Å². The summed E-state index contributed by atoms with van der Waals surface area (Å²) in [5, 5.41) is 3.02. The number of anilines is 3. The number of hydrogen-bond acceptors (Lipinski definition) is 5. The van der Waals surface area contributed by atoms with Crippen LogP contribution in [0.3, 0.4) is 0 Å². The number of carbonyl (C=O) groups is 1. The second kappa shape index (κ2) is 10.0. The summed E-state index contributed by atoms with van der Waals surface area (Å²) in [6, 6.07) is 17.1. The molecule has 8 nitrogen and oxygen atoms in total. The fraction of sp³-hybridized carbons (Fsp3) is 0.174. The molecular formula is C23H24ClN3O5S2. The molecule has 0 fully saturated rings. The molecule has 1 amide bonds. The number of nitrogens with one attached hydrogen (secondary N) is 2. The maximum Gasteiger partial charge on any atom is 0.261 e. The fourth-order valence-corrected chi connectivity index (χ4v) is 5.21. The monoisotopic (exact) mass is 521 g/mol. The first kappa shape index (κ1) is 25.5. The van der Waals surface area contributed by atoms with Crippen molar-refractivity contribution in [2.45, 2.75) is 18.7 Å². The fourth-order valence-electron chi connectivity index (χ4n) is 3.11. The van der Waals surface area contributed by atoms with E-state index >= 15 is 0 Å². The number of rotatable bonds is 8. The van der Waals surface area contributed by atoms with Crippen molar-refractivity contribution in [1.82, 2.24) is 0 Å². The number of nitrogens with zero attached hydrogens (tertiary/aromatic N) is 1. The van der Waals surface area contributed by atoms with Crippen LogP contribution in [-0.2, 0) is 24.8 Å². The summed E-state index contributed by atoms with van der Waals surface area (Å²) in [5.41, 5.74) is 2.80. The molecule has 0 unspecified atom stereocenters. The van der Waals surface area contributed by atoms with Crippen LogP contribution in [0.15, 0.2) is 71.6 Å². The number of hydrogen-bond donors (Lipinski definition) is 2. The Morgan fingerprint density at radius 1 is 0.912 bits per heavy atom. The Kier molecular flexibility index (Phi) is 7.54. The lowest BCUT2D eigenvalue weighted by atomic mass is 10.1. The van der Waals surface area contributed by atoms with Gasteiger partial charge in [-0.25, -0.2) is 16.8 Å². The first-order chi connectivity index (χ1) is 15.8. The van der Waals surface area contributed by atoms with Crippen molar-refractivity contribution in [2.75, 3.05) is 27.1 Å². The maximum atomic E-state index is 12.8. The van der Waals surface area contributed by atoms with Crippen LogP contribution in [0.5, 0.6) is 0 Å². The predicted octanol–water partition coefficient (Wildman–Crippen LogP) is 4.16. The molecule has 34 heavy (non-hydrogen) atoms. The largest absolute Gasteiger partial charge is 0.325 e. The van der Waals surface area contributed by atoms with Gasteiger partial charge in [-0.05, 0) is 79.6 Å². The maximum absolute atomic E-state index is 12.8. The van der Waals surface area contributed by atoms with Crippen molar-refractivity contribution < 1.29 is 21.6 Å². The highest BCUT2D eigenvalue weighted by molar-refractivity contribution is 7.92. The molecular weight excluding hydrogens is 498 g/mol. The highest BCUT2D eigenvalue weighted by Gasteiger charge is 2.21. The Bertz CT molecular complexity index is 1410. The summed E-state index contributed by atoms with van der Waals surface area (Å²) in [6.45, 7) is 3.21. The summed E-state index contributed by atoms with van der Waals surface area (Å²) in [4.78, 5) is 12.5. The topological polar surface area (TPSA) is 113 Å². The molecule has 11 heteroatoms. The van der Waals surface area contributed by atoms with E-state index in [1.807, 2.05) is 19.1 Å². The van der Waals surface area contributed by atoms with Crippen LogP contribution in [0.25, 0.3) is 0 Å². The van der Waals surface area contributed by atoms with Gasteiger partial charge in [0.2, 0.25) is 15.9 Å². The Balaban J connectivity index is 1.72. The molecule has 0 radical (unpaired) electrons. The van der Waals surface area contributed by atoms with Crippen molar-refractivity contribution in [1.29, 1.82) is 0 Å². The molecule has 0 atom stereocenters. The van der Waals surface area contributed by atoms with E-state index in [0.29, 0.717) is 22.1 Å². The van der Waals surface area contributed by atoms with Gasteiger partial charge in [0.05, 0.1) is 22.5 Å². The van der Waals surface area contributed by atoms with E-state index in [0.717, 1.165) is 21.7 Å². The van der Waals surface area contributed by atoms with E-state index in [2.05, 4.69) is 10.0 Å². The molecule has 0 aliphatic carbocycles. The lowest BCUT2D eigenvalue weighted by Gasteiger charge is -2.22. The normalized spacial score (nSPS) is 11.6. The third-order valence-corrected chi connectivity index (χ3v) is 7.66. The summed E-state index contributed by atoms with van der Waals surface area (Å²) in [7, 11) is -7.58. The minimum absolute atomic E-state index is 0.0188. The van der Waals surface area contributed by atoms with Crippen LogP contribution >= 0.6 is 11.6 Å². The van der Waals surface area contributed by atoms with Crippen LogP contribution in [0, 0.1) is 13.8 Å². The first-order valence-electron chi connectivity index (χ1n) is 10.1. The van der Waals surface area contributed by atoms with Gasteiger partial charge < -0.3 is 5.32 Å². The molecule has 3 aromatic carbocycles. The highest BCUT2D eigenvalue weighted by Crippen LogP contribution is 2.23. The molecule has 0 aliphatic rings. The standard InChI is InChI=1S/C23H24ClN3O5S2/c1-16-4-5-17(2)22(14-16)26-34(31,32)21-12-8-19(9-13-21)25-23(28)15-27(33(3,29)30)20-10-6-18(24)7-11-20/h4-14,26H,15H2,1-3H3,(H,25,28). The SMILES string of the molecule is Cc1ccc(C)c(NS(=O)(=O)c2ccc(NC(=O)CN(c3ccc(Cl)cc3)S(C)(=O)=O)cc2)c1. The zero-order chi connectivity index (χ0) is 25.1. The summed E-state index contributed by atoms with van der Waals surface area (Å²) < 4.78 is 53.4. The minimum atomic E-state index is -3.84. The molecule has 3 rings (SSSR count). The number of benzene rings is 3. The van der Waals surface area contributed by atoms with Crippen LogP contribution in [0.1, 0.15) is 11.1 Å². The zero-order valence-electron chi connectivity index (χ0n) is 18.7. The van der Waals surface area contributed by atoms with Gasteiger partial charge in [0.25, 0.3) is 10.0 Å². The van der Waals surface area contributed by atoms with Crippen LogP contribution < -0.4 is 14.3 Å². The van der Waals surface area contributed by atoms with Crippen LogP contribution in [0.2, 0.25) is 5.02 Å². The molecule has 2 N–H and O–H groups in total. The molecule has 0 heterocycles. The molecule has 0 saturated carbocycles. The van der Waals surface area contributed by atoms with E-state index in [4.69, 9.17) is 11.6 Å². The molecule has 0 aliphatic heterocycles. The quantitative estimate of drug-likeness (QED) is 0.462. The molecule has 0 aromatic heterocycles. The highest BCUT2D eigenvalue weighted by atomic mass is 35.5. The van der Waals surface area contributed by atoms with E-state index in [-0.39, 0.29) is 4.90 Å². The van der Waals surface area contributed by atoms with Gasteiger partial charge in [-0.3, -0.25) is 13.8 Å². The van der Waals surface area contributed by atoms with Gasteiger partial charge in [-0.1, -0.05) is 23.7 Å². The Labute approximate surface area is 204 Å². The summed E-state index contributed by atoms with van der Waals surface area (Å²) >= 11 is 5.85. The Hall–Kier alpha value is -3.08. The molecule has 0 bridgehead atoms. The summed E-state index contributed by atoms with van der Waals surface area (Å²) in [6.07, 6.45) is 0.998. The van der Waals surface area contributed by atoms with Crippen LogP contribution in [0.4, 0.5) is 17.1 Å². The van der Waals surface area contributed by atoms with Crippen LogP contribution in [-0.4, -0.2) is 35.5 Å². The van der Waals surface area contributed by atoms with Gasteiger partial charge >= 0.3 is 0 Å². The number of halogens is 1. The number of carbonyl (C=O) groups excluding carboxylic acids is 1. The van der Waals surface area contributed by atoms with Crippen molar-refractivity contribution in [3.8, 4) is 0 Å². The van der Waals surface area contributed by atoms with Gasteiger partial charge in [0.15, 0.2) is 0 Å². The number of aryl methyl sites for hydroxylation is 2. The average Bonchev–Trinajstić information content (AvgIpc) is 2.75. The minimum Gasteiger partial charge on any atom is -0.325 e. The molecule has 3 aromatic rings. The first-order valence-corrected chi connectivity index (χ1v) is 13.8. The summed E-state index contributed by atoms with van der Waals surface area (Å²) in [5.74, 6) is -0.593. The third-order valence-electron chi connectivity index (χ3n) is 4.89. The van der Waals surface area contributed by atoms with E-state index in [1.165, 1.54) is 48.5 Å². The van der Waals surface area contributed by atoms with Gasteiger partial charge in [-0.2, -0.15) is 0 Å². The second-order valence-corrected chi connectivity index (χ2v) is 11.8. The predicted molar refractivity (Wildman–Crippen MR) is 135 cm³/mol. The van der Waals surface area contributed by atoms with Gasteiger partial charge in [0.1, 0.15) is 6.54 Å². The second-order valence-electron chi connectivity index (χ2n) is 7.74. The lowest BCUT2D eigenvalue weighted by Crippen LogP contribution is -2.37. The zero-order valence-corrected chi connectivity index (χ0v) is 21.1. The number of sulfonamides is 2. The Morgan fingerprint density at radius 2 is 1.53 bits per heavy atom. The smallest absolute Gasteiger partial charge is 0.261 e. The van der Waals surface area contributed by atoms with Crippen molar-refractivity contribution in [3.05, 3.63) is 82.9 Å². The molecule has 0 spiro atoms. The molecule has 180 valence electrons. The van der Waals surface area contributed by atoms with Gasteiger partial charge in [-0.15, -0.1) is 0 Å². The van der Waals surface area contributed by atoms with Crippen molar-refractivity contribution in [2.24, 2.45) is 0 Å². The van der Waals surface area contributed by atoms with Crippen molar-refractivity contribution >= 4 is 54.6 Å². The van der Waals surface area contributed by atoms with Gasteiger partial charge in [0, 0.05) is 10.7 Å². The average molecular weight is 522 g/mol. The lowest BCUT2D eigenvalue weighted by molar-refractivity contribution is -0.114. The third kappa shape index (κ3) is 6.49. The van der Waals surface area contributed by atoms with E-state index < -0.39 is 32.5 Å². The number of amides is 1. The molecule has 0 saturated heterocycles. The van der Waals surface area contributed by atoms with E-state index in [9.17, 15) is 21.6 Å².